The van der Waals surface area contributed by atoms with Crippen LogP contribution in [0.1, 0.15) is 57.8 Å². The van der Waals surface area contributed by atoms with E-state index in [2.05, 4.69) is 23.2 Å². The number of nitrogens with zero attached hydrogens (tertiary/aromatic N) is 5. The van der Waals surface area contributed by atoms with E-state index in [1.54, 1.807) is 0 Å². The first-order valence-electron chi connectivity index (χ1n) is 11.3. The number of benzene rings is 1. The van der Waals surface area contributed by atoms with Crippen molar-refractivity contribution in [1.82, 2.24) is 19.7 Å². The van der Waals surface area contributed by atoms with Gasteiger partial charge in [0.15, 0.2) is 11.0 Å². The van der Waals surface area contributed by atoms with E-state index in [0.717, 1.165) is 48.9 Å². The topological polar surface area (TPSA) is 71.3 Å². The highest BCUT2D eigenvalue weighted by molar-refractivity contribution is 8.00. The van der Waals surface area contributed by atoms with E-state index in [1.807, 2.05) is 46.4 Å². The fourth-order valence-corrected chi connectivity index (χ4v) is 5.50. The highest BCUT2D eigenvalue weighted by atomic mass is 32.2. The summed E-state index contributed by atoms with van der Waals surface area (Å²) in [4.78, 5) is 29.5. The molecule has 2 amide bonds. The predicted molar refractivity (Wildman–Crippen MR) is 122 cm³/mol. The van der Waals surface area contributed by atoms with Crippen LogP contribution >= 0.6 is 11.8 Å². The van der Waals surface area contributed by atoms with Crippen LogP contribution in [0.5, 0.6) is 0 Å². The average Bonchev–Trinajstić information content (AvgIpc) is 3.22. The largest absolute Gasteiger partial charge is 0.335 e. The van der Waals surface area contributed by atoms with Crippen LogP contribution < -0.4 is 4.90 Å². The van der Waals surface area contributed by atoms with Crippen LogP contribution in [-0.4, -0.2) is 49.3 Å². The third-order valence-corrected chi connectivity index (χ3v) is 7.26. The van der Waals surface area contributed by atoms with Gasteiger partial charge in [-0.15, -0.1) is 10.2 Å². The van der Waals surface area contributed by atoms with Gasteiger partial charge in [0.2, 0.25) is 11.8 Å². The summed E-state index contributed by atoms with van der Waals surface area (Å²) < 4.78 is 2.04. The lowest BCUT2D eigenvalue weighted by Crippen LogP contribution is -2.40. The zero-order chi connectivity index (χ0) is 22.0. The number of likely N-dealkylation sites (tertiary alicyclic amines) is 1. The van der Waals surface area contributed by atoms with Gasteiger partial charge in [0, 0.05) is 31.2 Å². The van der Waals surface area contributed by atoms with Crippen molar-refractivity contribution in [3.63, 3.8) is 0 Å². The summed E-state index contributed by atoms with van der Waals surface area (Å²) in [5.41, 5.74) is 2.24. The molecule has 1 saturated heterocycles. The maximum atomic E-state index is 13.3. The van der Waals surface area contributed by atoms with Crippen LogP contribution in [0.15, 0.2) is 29.4 Å². The number of carbonyl (C=O) groups is 2. The minimum Gasteiger partial charge on any atom is -0.335 e. The Bertz CT molecular complexity index is 959. The van der Waals surface area contributed by atoms with Crippen LogP contribution in [-0.2, 0) is 29.1 Å². The summed E-state index contributed by atoms with van der Waals surface area (Å²) in [7, 11) is 0. The zero-order valence-corrected chi connectivity index (χ0v) is 19.4. The van der Waals surface area contributed by atoms with Crippen molar-refractivity contribution in [1.29, 1.82) is 0 Å². The van der Waals surface area contributed by atoms with E-state index < -0.39 is 0 Å². The highest BCUT2D eigenvalue weighted by Gasteiger charge is 2.34. The van der Waals surface area contributed by atoms with Gasteiger partial charge in [0.25, 0.3) is 0 Å². The summed E-state index contributed by atoms with van der Waals surface area (Å²) in [6, 6.07) is 8.29. The molecule has 0 aliphatic carbocycles. The Morgan fingerprint density at radius 3 is 2.84 bits per heavy atom. The summed E-state index contributed by atoms with van der Waals surface area (Å²) >= 11 is 1.45. The third-order valence-electron chi connectivity index (χ3n) is 6.19. The van der Waals surface area contributed by atoms with Crippen molar-refractivity contribution >= 4 is 29.3 Å². The Labute approximate surface area is 188 Å². The summed E-state index contributed by atoms with van der Waals surface area (Å²) in [6.45, 7) is 8.05. The number of rotatable bonds is 6. The molecule has 7 nitrogen and oxygen atoms in total. The number of hydrogen-bond donors (Lipinski definition) is 0. The van der Waals surface area contributed by atoms with Gasteiger partial charge in [0.1, 0.15) is 0 Å². The maximum Gasteiger partial charge on any atom is 0.240 e. The van der Waals surface area contributed by atoms with Crippen molar-refractivity contribution in [3.05, 3.63) is 35.7 Å². The van der Waals surface area contributed by atoms with E-state index >= 15 is 0 Å². The van der Waals surface area contributed by atoms with Crippen LogP contribution in [0.25, 0.3) is 0 Å². The molecule has 1 aromatic carbocycles. The molecule has 1 aromatic heterocycles. The van der Waals surface area contributed by atoms with E-state index in [1.165, 1.54) is 17.3 Å². The van der Waals surface area contributed by atoms with E-state index in [-0.39, 0.29) is 23.1 Å². The van der Waals surface area contributed by atoms with Gasteiger partial charge in [-0.3, -0.25) is 9.59 Å². The Kier molecular flexibility index (Phi) is 6.65. The quantitative estimate of drug-likeness (QED) is 0.640. The highest BCUT2D eigenvalue weighted by Crippen LogP contribution is 2.34. The Morgan fingerprint density at radius 1 is 1.23 bits per heavy atom. The summed E-state index contributed by atoms with van der Waals surface area (Å²) in [5.74, 6) is 1.08. The molecule has 0 N–H and O–H groups in total. The van der Waals surface area contributed by atoms with Crippen molar-refractivity contribution in [2.24, 2.45) is 0 Å². The fraction of sp³-hybridized carbons (Fsp3) is 0.565. The second kappa shape index (κ2) is 9.42. The predicted octanol–water partition coefficient (Wildman–Crippen LogP) is 3.66. The lowest BCUT2D eigenvalue weighted by Gasteiger charge is -2.25. The normalized spacial score (nSPS) is 20.0. The Hall–Kier alpha value is -2.35. The first kappa shape index (κ1) is 21.9. The smallest absolute Gasteiger partial charge is 0.240 e. The van der Waals surface area contributed by atoms with Gasteiger partial charge >= 0.3 is 0 Å². The summed E-state index contributed by atoms with van der Waals surface area (Å²) in [5, 5.41) is 9.22. The maximum absolute atomic E-state index is 13.3. The van der Waals surface area contributed by atoms with Gasteiger partial charge in [0.05, 0.1) is 11.8 Å². The molecule has 2 aliphatic rings. The molecule has 2 aromatic rings. The van der Waals surface area contributed by atoms with E-state index in [0.29, 0.717) is 19.5 Å². The standard InChI is InChI=1S/C23H31N5O2S/c1-4-27-20(15-26-13-9-5-6-12-21(26)29)24-25-23(27)31-17(3)22(30)28-16(2)14-18-10-7-8-11-19(18)28/h7-8,10-11,16-17H,4-6,9,12-15H2,1-3H3/t16-,17-/m0/s1. The minimum absolute atomic E-state index is 0.0948. The van der Waals surface area contributed by atoms with Crippen LogP contribution in [0.2, 0.25) is 0 Å². The number of aromatic nitrogens is 3. The first-order valence-corrected chi connectivity index (χ1v) is 12.1. The number of para-hydroxylation sites is 1. The zero-order valence-electron chi connectivity index (χ0n) is 18.6. The number of fused-ring (bicyclic) bond motifs is 1. The SMILES string of the molecule is CCn1c(CN2CCCCCC2=O)nnc1S[C@@H](C)C(=O)N1c2ccccc2C[C@@H]1C. The molecule has 166 valence electrons. The number of carbonyl (C=O) groups excluding carboxylic acids is 2. The number of anilines is 1. The lowest BCUT2D eigenvalue weighted by molar-refractivity contribution is -0.131. The molecule has 0 radical (unpaired) electrons. The lowest BCUT2D eigenvalue weighted by atomic mass is 10.1. The van der Waals surface area contributed by atoms with Crippen LogP contribution in [0.3, 0.4) is 0 Å². The number of amides is 2. The molecule has 3 heterocycles. The molecular formula is C23H31N5O2S. The molecule has 0 unspecified atom stereocenters. The molecule has 0 saturated carbocycles. The minimum atomic E-state index is -0.282. The monoisotopic (exact) mass is 441 g/mol. The van der Waals surface area contributed by atoms with E-state index in [4.69, 9.17) is 0 Å². The molecule has 8 heteroatoms. The van der Waals surface area contributed by atoms with Crippen molar-refractivity contribution in [2.45, 2.75) is 82.4 Å². The van der Waals surface area contributed by atoms with Gasteiger partial charge in [-0.25, -0.2) is 0 Å². The van der Waals surface area contributed by atoms with Gasteiger partial charge in [-0.1, -0.05) is 36.4 Å². The molecule has 31 heavy (non-hydrogen) atoms. The van der Waals surface area contributed by atoms with Gasteiger partial charge in [-0.05, 0) is 51.7 Å². The van der Waals surface area contributed by atoms with Crippen LogP contribution in [0, 0.1) is 0 Å². The molecular weight excluding hydrogens is 410 g/mol. The van der Waals surface area contributed by atoms with Gasteiger partial charge in [-0.2, -0.15) is 0 Å². The average molecular weight is 442 g/mol. The number of hydrogen-bond acceptors (Lipinski definition) is 5. The van der Waals surface area contributed by atoms with Crippen molar-refractivity contribution < 1.29 is 9.59 Å². The summed E-state index contributed by atoms with van der Waals surface area (Å²) in [6.07, 6.45) is 4.60. The Morgan fingerprint density at radius 2 is 2.03 bits per heavy atom. The number of thioether (sulfide) groups is 1. The fourth-order valence-electron chi connectivity index (χ4n) is 4.52. The third kappa shape index (κ3) is 4.49. The van der Waals surface area contributed by atoms with E-state index in [9.17, 15) is 9.59 Å². The second-order valence-electron chi connectivity index (χ2n) is 8.42. The van der Waals surface area contributed by atoms with Gasteiger partial charge < -0.3 is 14.4 Å². The molecule has 0 bridgehead atoms. The second-order valence-corrected chi connectivity index (χ2v) is 9.73. The molecule has 4 rings (SSSR count). The molecule has 0 spiro atoms. The first-order chi connectivity index (χ1) is 15.0. The molecule has 2 aliphatic heterocycles. The molecule has 1 fully saturated rings. The van der Waals surface area contributed by atoms with Crippen LogP contribution in [0.4, 0.5) is 5.69 Å². The molecule has 2 atom stereocenters. The Balaban J connectivity index is 1.48. The van der Waals surface area contributed by atoms with Crippen molar-refractivity contribution in [3.8, 4) is 0 Å². The van der Waals surface area contributed by atoms with Crippen molar-refractivity contribution in [2.75, 3.05) is 11.4 Å².